The summed E-state index contributed by atoms with van der Waals surface area (Å²) in [5.41, 5.74) is 3.46. The number of hydrogen-bond acceptors (Lipinski definition) is 4. The maximum atomic E-state index is 11.7. The molecule has 0 spiro atoms. The molecule has 1 aromatic carbocycles. The number of carbonyl (C=O) groups excluding carboxylic acids is 1. The largest absolute Gasteiger partial charge is 0.493 e. The number of benzene rings is 1. The maximum Gasteiger partial charge on any atom is 0.315 e. The highest BCUT2D eigenvalue weighted by Gasteiger charge is 2.07. The summed E-state index contributed by atoms with van der Waals surface area (Å²) in [6, 6.07) is 5.11. The molecule has 0 aliphatic carbocycles. The van der Waals surface area contributed by atoms with E-state index in [4.69, 9.17) is 16.3 Å². The van der Waals surface area contributed by atoms with E-state index in [1.165, 1.54) is 11.3 Å². The van der Waals surface area contributed by atoms with Crippen molar-refractivity contribution in [2.24, 2.45) is 0 Å². The zero-order valence-electron chi connectivity index (χ0n) is 11.6. The summed E-state index contributed by atoms with van der Waals surface area (Å²) < 4.78 is 5.50. The molecule has 1 aromatic heterocycles. The Morgan fingerprint density at radius 3 is 2.90 bits per heavy atom. The Kier molecular flexibility index (Phi) is 5.83. The van der Waals surface area contributed by atoms with E-state index in [0.717, 1.165) is 11.3 Å². The Labute approximate surface area is 132 Å². The SMILES string of the molecule is CCOc1cc(Cl)ccc1CNC(=O)NCc1cscn1. The molecule has 2 amide bonds. The summed E-state index contributed by atoms with van der Waals surface area (Å²) >= 11 is 7.43. The number of urea groups is 1. The van der Waals surface area contributed by atoms with E-state index in [2.05, 4.69) is 15.6 Å². The number of hydrogen-bond donors (Lipinski definition) is 2. The lowest BCUT2D eigenvalue weighted by molar-refractivity contribution is 0.240. The third-order valence-electron chi connectivity index (χ3n) is 2.68. The molecular weight excluding hydrogens is 310 g/mol. The van der Waals surface area contributed by atoms with Crippen LogP contribution in [0.4, 0.5) is 4.79 Å². The normalized spacial score (nSPS) is 10.2. The van der Waals surface area contributed by atoms with Gasteiger partial charge in [0.1, 0.15) is 5.75 Å². The van der Waals surface area contributed by atoms with Crippen LogP contribution in [0.1, 0.15) is 18.2 Å². The van der Waals surface area contributed by atoms with Crippen LogP contribution in [0.2, 0.25) is 5.02 Å². The van der Waals surface area contributed by atoms with Gasteiger partial charge in [-0.15, -0.1) is 11.3 Å². The van der Waals surface area contributed by atoms with E-state index in [-0.39, 0.29) is 6.03 Å². The van der Waals surface area contributed by atoms with Crippen LogP contribution in [0.25, 0.3) is 0 Å². The predicted molar refractivity (Wildman–Crippen MR) is 83.8 cm³/mol. The van der Waals surface area contributed by atoms with Gasteiger partial charge in [0, 0.05) is 22.5 Å². The van der Waals surface area contributed by atoms with Gasteiger partial charge in [0.2, 0.25) is 0 Å². The van der Waals surface area contributed by atoms with E-state index < -0.39 is 0 Å². The van der Waals surface area contributed by atoms with E-state index in [1.807, 2.05) is 18.4 Å². The Hall–Kier alpha value is -1.79. The number of thiazole rings is 1. The number of halogens is 1. The highest BCUT2D eigenvalue weighted by atomic mass is 35.5. The van der Waals surface area contributed by atoms with Crippen LogP contribution >= 0.6 is 22.9 Å². The second-order valence-corrected chi connectivity index (χ2v) is 5.36. The van der Waals surface area contributed by atoms with Gasteiger partial charge in [-0.05, 0) is 19.1 Å². The molecule has 0 aliphatic rings. The lowest BCUT2D eigenvalue weighted by Crippen LogP contribution is -2.34. The van der Waals surface area contributed by atoms with Crippen molar-refractivity contribution in [3.05, 3.63) is 45.4 Å². The third kappa shape index (κ3) is 4.91. The summed E-state index contributed by atoms with van der Waals surface area (Å²) in [6.07, 6.45) is 0. The monoisotopic (exact) mass is 325 g/mol. The zero-order valence-corrected chi connectivity index (χ0v) is 13.1. The smallest absolute Gasteiger partial charge is 0.315 e. The van der Waals surface area contributed by atoms with Crippen LogP contribution in [0.15, 0.2) is 29.1 Å². The van der Waals surface area contributed by atoms with Gasteiger partial charge >= 0.3 is 6.03 Å². The van der Waals surface area contributed by atoms with Crippen LogP contribution in [-0.4, -0.2) is 17.6 Å². The minimum absolute atomic E-state index is 0.250. The lowest BCUT2D eigenvalue weighted by Gasteiger charge is -2.12. The fourth-order valence-electron chi connectivity index (χ4n) is 1.70. The van der Waals surface area contributed by atoms with Gasteiger partial charge in [-0.3, -0.25) is 0 Å². The summed E-state index contributed by atoms with van der Waals surface area (Å²) in [5, 5.41) is 8.03. The van der Waals surface area contributed by atoms with Crippen molar-refractivity contribution in [2.45, 2.75) is 20.0 Å². The number of rotatable bonds is 6. The van der Waals surface area contributed by atoms with Crippen molar-refractivity contribution >= 4 is 29.0 Å². The van der Waals surface area contributed by atoms with Crippen LogP contribution in [0.3, 0.4) is 0 Å². The fraction of sp³-hybridized carbons (Fsp3) is 0.286. The number of aromatic nitrogens is 1. The first-order valence-corrected chi connectivity index (χ1v) is 7.81. The van der Waals surface area contributed by atoms with Crippen molar-refractivity contribution in [3.63, 3.8) is 0 Å². The Morgan fingerprint density at radius 2 is 2.19 bits per heavy atom. The van der Waals surface area contributed by atoms with E-state index in [0.29, 0.717) is 30.5 Å². The third-order valence-corrected chi connectivity index (χ3v) is 3.55. The molecule has 5 nitrogen and oxygen atoms in total. The minimum atomic E-state index is -0.250. The van der Waals surface area contributed by atoms with Gasteiger partial charge in [0.15, 0.2) is 0 Å². The Bertz CT molecular complexity index is 590. The lowest BCUT2D eigenvalue weighted by atomic mass is 10.2. The Morgan fingerprint density at radius 1 is 1.38 bits per heavy atom. The van der Waals surface area contributed by atoms with Gasteiger partial charge in [-0.1, -0.05) is 17.7 Å². The van der Waals surface area contributed by atoms with Crippen LogP contribution < -0.4 is 15.4 Å². The second-order valence-electron chi connectivity index (χ2n) is 4.20. The number of nitrogens with one attached hydrogen (secondary N) is 2. The quantitative estimate of drug-likeness (QED) is 0.857. The fourth-order valence-corrected chi connectivity index (χ4v) is 2.42. The predicted octanol–water partition coefficient (Wildman–Crippen LogP) is 3.19. The average Bonchev–Trinajstić information content (AvgIpc) is 2.98. The van der Waals surface area contributed by atoms with Crippen LogP contribution in [0.5, 0.6) is 5.75 Å². The molecule has 2 N–H and O–H groups in total. The molecule has 0 saturated carbocycles. The number of carbonyl (C=O) groups is 1. The highest BCUT2D eigenvalue weighted by Crippen LogP contribution is 2.23. The molecule has 0 unspecified atom stereocenters. The van der Waals surface area contributed by atoms with Gasteiger partial charge in [-0.2, -0.15) is 0 Å². The van der Waals surface area contributed by atoms with Crippen molar-refractivity contribution in [2.75, 3.05) is 6.61 Å². The molecule has 21 heavy (non-hydrogen) atoms. The first kappa shape index (κ1) is 15.6. The van der Waals surface area contributed by atoms with E-state index >= 15 is 0 Å². The molecule has 112 valence electrons. The summed E-state index contributed by atoms with van der Waals surface area (Å²) in [6.45, 7) is 3.23. The van der Waals surface area contributed by atoms with E-state index in [9.17, 15) is 4.79 Å². The van der Waals surface area contributed by atoms with Crippen molar-refractivity contribution < 1.29 is 9.53 Å². The van der Waals surface area contributed by atoms with Crippen LogP contribution in [0, 0.1) is 0 Å². The number of ether oxygens (including phenoxy) is 1. The molecule has 0 radical (unpaired) electrons. The van der Waals surface area contributed by atoms with Gasteiger partial charge in [0.05, 0.1) is 24.4 Å². The molecule has 2 rings (SSSR count). The minimum Gasteiger partial charge on any atom is -0.493 e. The average molecular weight is 326 g/mol. The molecule has 0 fully saturated rings. The van der Waals surface area contributed by atoms with Gasteiger partial charge < -0.3 is 15.4 Å². The molecule has 0 atom stereocenters. The van der Waals surface area contributed by atoms with Crippen molar-refractivity contribution in [3.8, 4) is 5.75 Å². The molecule has 0 bridgehead atoms. The number of nitrogens with zero attached hydrogens (tertiary/aromatic N) is 1. The van der Waals surface area contributed by atoms with Crippen LogP contribution in [-0.2, 0) is 13.1 Å². The van der Waals surface area contributed by atoms with Crippen molar-refractivity contribution in [1.82, 2.24) is 15.6 Å². The van der Waals surface area contributed by atoms with E-state index in [1.54, 1.807) is 17.6 Å². The first-order chi connectivity index (χ1) is 10.2. The zero-order chi connectivity index (χ0) is 15.1. The maximum absolute atomic E-state index is 11.7. The van der Waals surface area contributed by atoms with Gasteiger partial charge in [-0.25, -0.2) is 9.78 Å². The molecule has 7 heteroatoms. The molecule has 2 aromatic rings. The summed E-state index contributed by atoms with van der Waals surface area (Å²) in [4.78, 5) is 15.8. The first-order valence-electron chi connectivity index (χ1n) is 6.49. The molecule has 0 aliphatic heterocycles. The van der Waals surface area contributed by atoms with Crippen molar-refractivity contribution in [1.29, 1.82) is 0 Å². The molecule has 0 saturated heterocycles. The Balaban J connectivity index is 1.85. The summed E-state index contributed by atoms with van der Waals surface area (Å²) in [5.74, 6) is 0.685. The highest BCUT2D eigenvalue weighted by molar-refractivity contribution is 7.07. The number of amides is 2. The molecular formula is C14H16ClN3O2S. The van der Waals surface area contributed by atoms with Gasteiger partial charge in [0.25, 0.3) is 0 Å². The topological polar surface area (TPSA) is 63.2 Å². The second kappa shape index (κ2) is 7.85. The molecule has 1 heterocycles. The summed E-state index contributed by atoms with van der Waals surface area (Å²) in [7, 11) is 0. The standard InChI is InChI=1S/C14H16ClN3O2S/c1-2-20-13-5-11(15)4-3-10(13)6-16-14(19)17-7-12-8-21-9-18-12/h3-5,8-9H,2,6-7H2,1H3,(H2,16,17,19).